The molecule has 1 fully saturated rings. The Hall–Kier alpha value is -3.75. The number of carbonyl (C=O) groups excluding carboxylic acids is 1. The van der Waals surface area contributed by atoms with Crippen molar-refractivity contribution in [2.24, 2.45) is 0 Å². The number of hydrogen-bond donors (Lipinski definition) is 0. The van der Waals surface area contributed by atoms with Gasteiger partial charge in [0.2, 0.25) is 6.79 Å². The normalized spacial score (nSPS) is 22.4. The van der Waals surface area contributed by atoms with Gasteiger partial charge < -0.3 is 18.9 Å². The van der Waals surface area contributed by atoms with Crippen LogP contribution < -0.4 is 14.2 Å². The van der Waals surface area contributed by atoms with Crippen LogP contribution in [0.3, 0.4) is 0 Å². The van der Waals surface area contributed by atoms with Gasteiger partial charge in [0.1, 0.15) is 5.75 Å². The van der Waals surface area contributed by atoms with E-state index in [4.69, 9.17) is 18.9 Å². The summed E-state index contributed by atoms with van der Waals surface area (Å²) in [6, 6.07) is 20.0. The quantitative estimate of drug-likeness (QED) is 0.263. The van der Waals surface area contributed by atoms with E-state index in [2.05, 4.69) is 0 Å². The summed E-state index contributed by atoms with van der Waals surface area (Å²) in [5.74, 6) is -10.0. The SMILES string of the molecule is O=C(OC(Oc1ccccc1)c1ccccc1)C1(c2ccc3c(c2)OCO3)CC(F)(F)C1(F)F. The minimum absolute atomic E-state index is 0.0795. The van der Waals surface area contributed by atoms with E-state index in [9.17, 15) is 13.6 Å². The van der Waals surface area contributed by atoms with Gasteiger partial charge >= 0.3 is 17.8 Å². The lowest BCUT2D eigenvalue weighted by molar-refractivity contribution is -0.326. The first kappa shape index (κ1) is 22.1. The highest BCUT2D eigenvalue weighted by molar-refractivity contribution is 5.88. The molecule has 0 radical (unpaired) electrons. The molecule has 3 aromatic rings. The highest BCUT2D eigenvalue weighted by Crippen LogP contribution is 2.65. The van der Waals surface area contributed by atoms with Gasteiger partial charge in [-0.3, -0.25) is 4.79 Å². The third-order valence-electron chi connectivity index (χ3n) is 5.97. The number of fused-ring (bicyclic) bond motifs is 1. The molecule has 0 saturated heterocycles. The first-order chi connectivity index (χ1) is 16.2. The van der Waals surface area contributed by atoms with E-state index in [0.29, 0.717) is 11.3 Å². The molecule has 3 aromatic carbocycles. The molecule has 0 bridgehead atoms. The second-order valence-corrected chi connectivity index (χ2v) is 8.01. The summed E-state index contributed by atoms with van der Waals surface area (Å²) < 4.78 is 79.8. The second-order valence-electron chi connectivity index (χ2n) is 8.01. The van der Waals surface area contributed by atoms with Crippen LogP contribution in [0.25, 0.3) is 0 Å². The lowest BCUT2D eigenvalue weighted by Gasteiger charge is -2.52. The van der Waals surface area contributed by atoms with Crippen molar-refractivity contribution in [3.05, 3.63) is 90.0 Å². The van der Waals surface area contributed by atoms with Crippen LogP contribution in [0.1, 0.15) is 23.8 Å². The summed E-state index contributed by atoms with van der Waals surface area (Å²) in [5, 5.41) is 0. The Morgan fingerprint density at radius 2 is 1.50 bits per heavy atom. The van der Waals surface area contributed by atoms with Gasteiger partial charge in [0.15, 0.2) is 16.9 Å². The van der Waals surface area contributed by atoms with Crippen LogP contribution in [0.4, 0.5) is 17.6 Å². The molecule has 176 valence electrons. The van der Waals surface area contributed by atoms with Crippen LogP contribution in [0.2, 0.25) is 0 Å². The van der Waals surface area contributed by atoms with Gasteiger partial charge in [0.25, 0.3) is 6.29 Å². The summed E-state index contributed by atoms with van der Waals surface area (Å²) in [5.41, 5.74) is -2.95. The van der Waals surface area contributed by atoms with Crippen LogP contribution in [0.15, 0.2) is 78.9 Å². The van der Waals surface area contributed by atoms with E-state index in [1.165, 1.54) is 6.07 Å². The van der Waals surface area contributed by atoms with Crippen molar-refractivity contribution in [1.82, 2.24) is 0 Å². The molecule has 1 aliphatic carbocycles. The third-order valence-corrected chi connectivity index (χ3v) is 5.97. The number of hydrogen-bond acceptors (Lipinski definition) is 5. The minimum Gasteiger partial charge on any atom is -0.454 e. The van der Waals surface area contributed by atoms with Gasteiger partial charge in [-0.25, -0.2) is 0 Å². The molecule has 0 N–H and O–H groups in total. The van der Waals surface area contributed by atoms with Crippen molar-refractivity contribution < 1.29 is 41.3 Å². The van der Waals surface area contributed by atoms with Crippen molar-refractivity contribution in [1.29, 1.82) is 0 Å². The zero-order chi connectivity index (χ0) is 24.0. The Kier molecular flexibility index (Phi) is 5.15. The van der Waals surface area contributed by atoms with Crippen LogP contribution in [-0.2, 0) is 14.9 Å². The molecule has 5 nitrogen and oxygen atoms in total. The van der Waals surface area contributed by atoms with E-state index in [1.54, 1.807) is 60.7 Å². The van der Waals surface area contributed by atoms with Gasteiger partial charge in [0, 0.05) is 12.0 Å². The van der Waals surface area contributed by atoms with E-state index >= 15 is 8.78 Å². The number of para-hydroxylation sites is 1. The predicted octanol–water partition coefficient (Wildman–Crippen LogP) is 5.65. The van der Waals surface area contributed by atoms with Gasteiger partial charge in [-0.15, -0.1) is 0 Å². The van der Waals surface area contributed by atoms with E-state index in [0.717, 1.165) is 12.1 Å². The summed E-state index contributed by atoms with van der Waals surface area (Å²) in [6.45, 7) is -0.149. The summed E-state index contributed by atoms with van der Waals surface area (Å²) in [7, 11) is 0. The Bertz CT molecular complexity index is 1200. The minimum atomic E-state index is -4.71. The average Bonchev–Trinajstić information content (AvgIpc) is 3.31. The number of esters is 1. The van der Waals surface area contributed by atoms with Crippen LogP contribution in [0, 0.1) is 0 Å². The Morgan fingerprint density at radius 3 is 2.15 bits per heavy atom. The van der Waals surface area contributed by atoms with E-state index < -0.39 is 35.9 Å². The molecule has 0 aromatic heterocycles. The Balaban J connectivity index is 1.53. The highest BCUT2D eigenvalue weighted by atomic mass is 19.3. The Morgan fingerprint density at radius 1 is 0.853 bits per heavy atom. The number of ether oxygens (including phenoxy) is 4. The molecule has 0 spiro atoms. The molecule has 5 rings (SSSR count). The van der Waals surface area contributed by atoms with E-state index in [-0.39, 0.29) is 23.9 Å². The largest absolute Gasteiger partial charge is 0.454 e. The molecule has 34 heavy (non-hydrogen) atoms. The zero-order valence-corrected chi connectivity index (χ0v) is 17.6. The monoisotopic (exact) mass is 474 g/mol. The maximum atomic E-state index is 15.0. The molecule has 9 heteroatoms. The van der Waals surface area contributed by atoms with Gasteiger partial charge in [-0.05, 0) is 29.8 Å². The van der Waals surface area contributed by atoms with Crippen molar-refractivity contribution >= 4 is 5.97 Å². The number of benzene rings is 3. The molecule has 2 aliphatic rings. The summed E-state index contributed by atoms with van der Waals surface area (Å²) in [6.07, 6.45) is -2.88. The van der Waals surface area contributed by atoms with Gasteiger partial charge in [-0.2, -0.15) is 17.6 Å². The summed E-state index contributed by atoms with van der Waals surface area (Å²) >= 11 is 0. The number of halogens is 4. The van der Waals surface area contributed by atoms with Crippen molar-refractivity contribution in [2.45, 2.75) is 30.0 Å². The molecule has 2 atom stereocenters. The fourth-order valence-corrected chi connectivity index (χ4v) is 4.11. The van der Waals surface area contributed by atoms with E-state index in [1.807, 2.05) is 0 Å². The molecule has 1 aliphatic heterocycles. The van der Waals surface area contributed by atoms with Crippen LogP contribution >= 0.6 is 0 Å². The molecule has 1 saturated carbocycles. The molecule has 0 amide bonds. The second kappa shape index (κ2) is 7.93. The first-order valence-electron chi connectivity index (χ1n) is 10.4. The lowest BCUT2D eigenvalue weighted by Crippen LogP contribution is -2.73. The Labute approximate surface area is 191 Å². The van der Waals surface area contributed by atoms with Crippen LogP contribution in [0.5, 0.6) is 17.2 Å². The predicted molar refractivity (Wildman–Crippen MR) is 111 cm³/mol. The smallest absolute Gasteiger partial charge is 0.330 e. The van der Waals surface area contributed by atoms with Crippen molar-refractivity contribution in [2.75, 3.05) is 6.79 Å². The third kappa shape index (κ3) is 3.34. The lowest BCUT2D eigenvalue weighted by atomic mass is 9.58. The number of alkyl halides is 4. The highest BCUT2D eigenvalue weighted by Gasteiger charge is 2.85. The maximum Gasteiger partial charge on any atom is 0.330 e. The zero-order valence-electron chi connectivity index (χ0n) is 17.6. The molecule has 2 unspecified atom stereocenters. The molecular formula is C25H18F4O5. The topological polar surface area (TPSA) is 54.0 Å². The van der Waals surface area contributed by atoms with Gasteiger partial charge in [0.05, 0.1) is 0 Å². The molecular weight excluding hydrogens is 456 g/mol. The fourth-order valence-electron chi connectivity index (χ4n) is 4.11. The first-order valence-corrected chi connectivity index (χ1v) is 10.4. The van der Waals surface area contributed by atoms with Crippen molar-refractivity contribution in [3.63, 3.8) is 0 Å². The number of carbonyl (C=O) groups is 1. The fraction of sp³-hybridized carbons (Fsp3) is 0.240. The van der Waals surface area contributed by atoms with Crippen molar-refractivity contribution in [3.8, 4) is 17.2 Å². The maximum absolute atomic E-state index is 15.0. The molecule has 1 heterocycles. The summed E-state index contributed by atoms with van der Waals surface area (Å²) in [4.78, 5) is 13.3. The van der Waals surface area contributed by atoms with Crippen LogP contribution in [-0.4, -0.2) is 24.6 Å². The standard InChI is InChI=1S/C25H18F4O5/c26-24(27)14-23(25(24,28)29,17-11-12-19-20(13-17)32-15-31-19)22(30)34-21(16-7-3-1-4-8-16)33-18-9-5-2-6-10-18/h1-13,21H,14-15H2. The average molecular weight is 474 g/mol. The number of rotatable bonds is 6. The van der Waals surface area contributed by atoms with Gasteiger partial charge in [-0.1, -0.05) is 54.6 Å².